The molecule has 45 heavy (non-hydrogen) atoms. The van der Waals surface area contributed by atoms with Gasteiger partial charge in [0.2, 0.25) is 0 Å². The zero-order valence-electron chi connectivity index (χ0n) is 24.4. The predicted octanol–water partition coefficient (Wildman–Crippen LogP) is 5.68. The van der Waals surface area contributed by atoms with Crippen molar-refractivity contribution < 1.29 is 40.3 Å². The van der Waals surface area contributed by atoms with E-state index < -0.39 is 27.3 Å². The second kappa shape index (κ2) is 13.7. The first kappa shape index (κ1) is 32.6. The second-order valence-corrected chi connectivity index (χ2v) is 13.7. The van der Waals surface area contributed by atoms with Gasteiger partial charge in [0.1, 0.15) is 17.3 Å². The zero-order valence-corrected chi connectivity index (χ0v) is 25.2. The molecule has 1 aromatic heterocycles. The highest BCUT2D eigenvalue weighted by Gasteiger charge is 2.34. The van der Waals surface area contributed by atoms with Crippen molar-refractivity contribution in [2.75, 3.05) is 26.2 Å². The van der Waals surface area contributed by atoms with Crippen molar-refractivity contribution in [3.05, 3.63) is 89.5 Å². The molecule has 2 aliphatic rings. The second-order valence-electron chi connectivity index (χ2n) is 11.5. The van der Waals surface area contributed by atoms with Crippen molar-refractivity contribution in [1.29, 1.82) is 0 Å². The van der Waals surface area contributed by atoms with Gasteiger partial charge < -0.3 is 9.64 Å². The summed E-state index contributed by atoms with van der Waals surface area (Å²) in [5.41, 5.74) is 1.47. The van der Waals surface area contributed by atoms with Crippen LogP contribution in [0.4, 0.5) is 17.6 Å². The SMILES string of the molecule is O=C(CC1CCN(Cc2ccc(OC(F)(F)F)cc2)CC1)c1ccc(C(=O)N2CCC(S(=O)(=O)c3ccc(F)cc3)CC2)nc1. The molecule has 5 rings (SSSR count). The molecule has 0 aliphatic carbocycles. The number of pyridine rings is 1. The summed E-state index contributed by atoms with van der Waals surface area (Å²) in [7, 11) is -3.64. The van der Waals surface area contributed by atoms with Gasteiger partial charge in [-0.15, -0.1) is 13.2 Å². The van der Waals surface area contributed by atoms with Crippen molar-refractivity contribution >= 4 is 21.5 Å². The Labute approximate surface area is 258 Å². The number of hydrogen-bond donors (Lipinski definition) is 0. The number of ketones is 1. The number of rotatable bonds is 9. The molecule has 0 atom stereocenters. The van der Waals surface area contributed by atoms with Crippen LogP contribution in [-0.4, -0.2) is 72.7 Å². The lowest BCUT2D eigenvalue weighted by molar-refractivity contribution is -0.274. The first-order valence-electron chi connectivity index (χ1n) is 14.7. The van der Waals surface area contributed by atoms with Gasteiger partial charge in [-0.3, -0.25) is 19.5 Å². The van der Waals surface area contributed by atoms with E-state index >= 15 is 0 Å². The third-order valence-corrected chi connectivity index (χ3v) is 10.6. The normalized spacial score (nSPS) is 17.3. The molecule has 0 bridgehead atoms. The lowest BCUT2D eigenvalue weighted by atomic mass is 9.90. The minimum Gasteiger partial charge on any atom is -0.406 e. The third kappa shape index (κ3) is 8.46. The van der Waals surface area contributed by atoms with Crippen LogP contribution in [0.25, 0.3) is 0 Å². The quantitative estimate of drug-likeness (QED) is 0.168. The number of carbonyl (C=O) groups is 2. The first-order valence-corrected chi connectivity index (χ1v) is 16.3. The van der Waals surface area contributed by atoms with Crippen LogP contribution in [0, 0.1) is 11.7 Å². The lowest BCUT2D eigenvalue weighted by Crippen LogP contribution is -2.42. The molecule has 13 heteroatoms. The van der Waals surface area contributed by atoms with E-state index in [0.717, 1.165) is 43.6 Å². The average molecular weight is 648 g/mol. The number of carbonyl (C=O) groups excluding carboxylic acids is 2. The van der Waals surface area contributed by atoms with Crippen molar-refractivity contribution in [3.63, 3.8) is 0 Å². The number of likely N-dealkylation sites (tertiary alicyclic amines) is 2. The maximum Gasteiger partial charge on any atom is 0.573 e. The van der Waals surface area contributed by atoms with Gasteiger partial charge in [-0.2, -0.15) is 0 Å². The Morgan fingerprint density at radius 2 is 1.51 bits per heavy atom. The van der Waals surface area contributed by atoms with Gasteiger partial charge in [-0.25, -0.2) is 12.8 Å². The monoisotopic (exact) mass is 647 g/mol. The van der Waals surface area contributed by atoms with Gasteiger partial charge >= 0.3 is 6.36 Å². The molecule has 0 N–H and O–H groups in total. The topological polar surface area (TPSA) is 96.9 Å². The Kier molecular flexibility index (Phi) is 9.88. The van der Waals surface area contributed by atoms with E-state index in [0.29, 0.717) is 18.5 Å². The molecule has 2 aliphatic heterocycles. The summed E-state index contributed by atoms with van der Waals surface area (Å²) in [5.74, 6) is -0.979. The fourth-order valence-electron chi connectivity index (χ4n) is 5.82. The fraction of sp³-hybridized carbons (Fsp3) is 0.406. The molecule has 0 saturated carbocycles. The van der Waals surface area contributed by atoms with E-state index in [1.165, 1.54) is 36.5 Å². The number of ether oxygens (including phenoxy) is 1. The van der Waals surface area contributed by atoms with Gasteiger partial charge in [-0.05, 0) is 98.8 Å². The summed E-state index contributed by atoms with van der Waals surface area (Å²) in [6, 6.07) is 13.7. The largest absolute Gasteiger partial charge is 0.573 e. The number of Topliss-reactive ketones (excluding diaryl/α,β-unsaturated/α-hetero) is 1. The Morgan fingerprint density at radius 1 is 0.867 bits per heavy atom. The highest BCUT2D eigenvalue weighted by atomic mass is 32.2. The smallest absolute Gasteiger partial charge is 0.406 e. The van der Waals surface area contributed by atoms with Crippen LogP contribution in [0.2, 0.25) is 0 Å². The Balaban J connectivity index is 1.06. The summed E-state index contributed by atoms with van der Waals surface area (Å²) in [4.78, 5) is 34.0. The number of halogens is 4. The molecule has 0 spiro atoms. The van der Waals surface area contributed by atoms with Gasteiger partial charge in [0, 0.05) is 37.8 Å². The molecule has 0 unspecified atom stereocenters. The van der Waals surface area contributed by atoms with Crippen LogP contribution >= 0.6 is 0 Å². The number of alkyl halides is 3. The molecule has 2 fully saturated rings. The van der Waals surface area contributed by atoms with Gasteiger partial charge in [0.05, 0.1) is 10.1 Å². The third-order valence-electron chi connectivity index (χ3n) is 8.36. The highest BCUT2D eigenvalue weighted by Crippen LogP contribution is 2.27. The van der Waals surface area contributed by atoms with E-state index in [1.807, 2.05) is 0 Å². The van der Waals surface area contributed by atoms with Crippen molar-refractivity contribution in [1.82, 2.24) is 14.8 Å². The highest BCUT2D eigenvalue weighted by molar-refractivity contribution is 7.92. The zero-order chi connectivity index (χ0) is 32.2. The average Bonchev–Trinajstić information content (AvgIpc) is 3.02. The summed E-state index contributed by atoms with van der Waals surface area (Å²) in [5, 5.41) is -0.667. The minimum absolute atomic E-state index is 0.0629. The number of sulfone groups is 1. The number of piperidine rings is 2. The molecule has 2 saturated heterocycles. The predicted molar refractivity (Wildman–Crippen MR) is 157 cm³/mol. The van der Waals surface area contributed by atoms with Crippen molar-refractivity contribution in [3.8, 4) is 5.75 Å². The standard InChI is InChI=1S/C32H33F4N3O5S/c33-25-4-8-27(9-5-25)45(42,43)28-13-17-39(18-14-28)31(41)29-10-3-24(20-37-29)30(40)19-22-11-15-38(16-12-22)21-23-1-6-26(7-2-23)44-32(34,35)36/h1-10,20,22,28H,11-19,21H2. The minimum atomic E-state index is -4.72. The van der Waals surface area contributed by atoms with Crippen LogP contribution in [0.3, 0.4) is 0 Å². The Bertz CT molecular complexity index is 1580. The van der Waals surface area contributed by atoms with Gasteiger partial charge in [0.25, 0.3) is 5.91 Å². The van der Waals surface area contributed by atoms with E-state index in [1.54, 1.807) is 23.1 Å². The number of benzene rings is 2. The summed E-state index contributed by atoms with van der Waals surface area (Å²) < 4.78 is 80.1. The van der Waals surface area contributed by atoms with Gasteiger partial charge in [0.15, 0.2) is 15.6 Å². The summed E-state index contributed by atoms with van der Waals surface area (Å²) >= 11 is 0. The van der Waals surface area contributed by atoms with E-state index in [4.69, 9.17) is 0 Å². The number of hydrogen-bond acceptors (Lipinski definition) is 7. The molecular weight excluding hydrogens is 614 g/mol. The Morgan fingerprint density at radius 3 is 2.09 bits per heavy atom. The van der Waals surface area contributed by atoms with E-state index in [2.05, 4.69) is 14.6 Å². The van der Waals surface area contributed by atoms with Crippen LogP contribution in [0.5, 0.6) is 5.75 Å². The van der Waals surface area contributed by atoms with Crippen LogP contribution in [-0.2, 0) is 16.4 Å². The number of amides is 1. The lowest BCUT2D eigenvalue weighted by Gasteiger charge is -2.32. The first-order chi connectivity index (χ1) is 21.4. The van der Waals surface area contributed by atoms with E-state index in [-0.39, 0.29) is 59.9 Å². The maximum atomic E-state index is 13.2. The number of nitrogens with zero attached hydrogens (tertiary/aromatic N) is 3. The maximum absolute atomic E-state index is 13.2. The van der Waals surface area contributed by atoms with Crippen LogP contribution < -0.4 is 4.74 Å². The summed E-state index contributed by atoms with van der Waals surface area (Å²) in [6.07, 6.45) is -0.855. The van der Waals surface area contributed by atoms with Crippen molar-refractivity contribution in [2.45, 2.75) is 55.2 Å². The molecule has 8 nitrogen and oxygen atoms in total. The molecule has 240 valence electrons. The van der Waals surface area contributed by atoms with Gasteiger partial charge in [-0.1, -0.05) is 12.1 Å². The molecular formula is C32H33F4N3O5S. The molecule has 1 amide bonds. The fourth-order valence-corrected chi connectivity index (χ4v) is 7.55. The molecule has 2 aromatic carbocycles. The molecule has 0 radical (unpaired) electrons. The summed E-state index contributed by atoms with van der Waals surface area (Å²) in [6.45, 7) is 2.58. The van der Waals surface area contributed by atoms with E-state index in [9.17, 15) is 35.6 Å². The molecule has 3 aromatic rings. The van der Waals surface area contributed by atoms with Crippen LogP contribution in [0.1, 0.15) is 58.5 Å². The Hall–Kier alpha value is -3.84. The number of aromatic nitrogens is 1. The van der Waals surface area contributed by atoms with Crippen LogP contribution in [0.15, 0.2) is 71.8 Å². The van der Waals surface area contributed by atoms with Crippen molar-refractivity contribution in [2.24, 2.45) is 5.92 Å². The molecule has 3 heterocycles.